The van der Waals surface area contributed by atoms with Crippen molar-refractivity contribution in [2.24, 2.45) is 0 Å². The van der Waals surface area contributed by atoms with E-state index in [0.29, 0.717) is 0 Å². The topological polar surface area (TPSA) is 142 Å². The summed E-state index contributed by atoms with van der Waals surface area (Å²) in [5.74, 6) is 1.98. The molecule has 0 aliphatic rings. The van der Waals surface area contributed by atoms with Crippen LogP contribution in [-0.4, -0.2) is 55.1 Å². The smallest absolute Gasteiger partial charge is 0.134 e. The summed E-state index contributed by atoms with van der Waals surface area (Å²) in [6, 6.07) is 15.7. The van der Waals surface area contributed by atoms with Gasteiger partial charge in [-0.05, 0) is 277 Å². The van der Waals surface area contributed by atoms with Crippen LogP contribution in [0.25, 0.3) is 0 Å². The molecule has 0 atom stereocenters. The molecule has 0 saturated carbocycles. The first-order chi connectivity index (χ1) is 59.6. The van der Waals surface area contributed by atoms with Crippen LogP contribution in [-0.2, 0) is 75.8 Å². The van der Waals surface area contributed by atoms with Gasteiger partial charge in [-0.15, -0.1) is 0 Å². The Morgan fingerprint density at radius 3 is 0.543 bits per heavy atom. The highest BCUT2D eigenvalue weighted by molar-refractivity contribution is 5.35. The van der Waals surface area contributed by atoms with Gasteiger partial charge in [-0.25, -0.2) is 19.9 Å². The maximum Gasteiger partial charge on any atom is 0.134 e. The lowest BCUT2D eigenvalue weighted by atomic mass is 9.75. The highest BCUT2D eigenvalue weighted by atomic mass is 15.1. The number of rotatable bonds is 42. The monoisotopic (exact) mass is 1750 g/mol. The van der Waals surface area contributed by atoms with Crippen LogP contribution in [0.15, 0.2) is 98.2 Å². The van der Waals surface area contributed by atoms with E-state index in [1.165, 1.54) is 89.0 Å². The fourth-order valence-corrected chi connectivity index (χ4v) is 16.2. The third kappa shape index (κ3) is 30.1. The predicted molar refractivity (Wildman–Crippen MR) is 557 cm³/mol. The molecule has 11 heteroatoms. The van der Waals surface area contributed by atoms with Crippen LogP contribution in [0.2, 0.25) is 0 Å². The Morgan fingerprint density at radius 2 is 0.346 bits per heavy atom. The molecule has 0 radical (unpaired) electrons. The Balaban J connectivity index is 0.000000741. The molecule has 11 nitrogen and oxygen atoms in total. The van der Waals surface area contributed by atoms with Crippen LogP contribution in [0.5, 0.6) is 0 Å². The van der Waals surface area contributed by atoms with Gasteiger partial charge in [0, 0.05) is 122 Å². The average molecular weight is 1750 g/mol. The second-order valence-corrected chi connectivity index (χ2v) is 41.7. The summed E-state index contributed by atoms with van der Waals surface area (Å²) < 4.78 is 0. The highest BCUT2D eigenvalue weighted by Gasteiger charge is 2.36. The minimum absolute atomic E-state index is 0.118. The van der Waals surface area contributed by atoms with Gasteiger partial charge in [-0.1, -0.05) is 303 Å². The molecule has 0 aliphatic carbocycles. The largest absolute Gasteiger partial charge is 0.260 e. The number of hydrogen-bond acceptors (Lipinski definition) is 11. The zero-order valence-corrected chi connectivity index (χ0v) is 91.5. The molecular weight excluding hydrogens is 1550 g/mol. The van der Waals surface area contributed by atoms with E-state index in [0.717, 1.165) is 176 Å². The molecule has 0 saturated heterocycles. The lowest BCUT2D eigenvalue weighted by Gasteiger charge is -2.31. The summed E-state index contributed by atoms with van der Waals surface area (Å²) in [6.45, 7) is 97.1. The molecule has 0 amide bonds. The molecule has 0 spiro atoms. The van der Waals surface area contributed by atoms with E-state index in [-0.39, 0.29) is 75.8 Å². The minimum Gasteiger partial charge on any atom is -0.260 e. The van der Waals surface area contributed by atoms with Gasteiger partial charge in [-0.2, -0.15) is 10.2 Å². The van der Waals surface area contributed by atoms with Crippen LogP contribution in [0.1, 0.15) is 555 Å². The lowest BCUT2D eigenvalue weighted by molar-refractivity contribution is 0.401. The van der Waals surface area contributed by atoms with Crippen molar-refractivity contribution < 1.29 is 0 Å². The van der Waals surface area contributed by atoms with Crippen LogP contribution in [0.4, 0.5) is 0 Å². The number of pyridine rings is 3. The van der Waals surface area contributed by atoms with E-state index in [1.807, 2.05) is 37.2 Å². The van der Waals surface area contributed by atoms with Gasteiger partial charge >= 0.3 is 0 Å². The third-order valence-electron chi connectivity index (χ3n) is 36.0. The molecule has 0 bridgehead atoms. The zero-order chi connectivity index (χ0) is 97.6. The standard InChI is InChI=1S/C18H31N.2C17H29N.4C16H28N2/c1-8-17(6,9-2)15-13-19-16(12-14(15)5)18(7,10-3)11-4;2*1-7-16(5,8-2)14-11-12-15(18-13-14)17(6,9-3)10-4;1-7-15(5,8-2)13-11-18-14(12-17-13)16(6,9-3)10-4;2*1-7-15(5,8-2)13-11-17-14(18-12-13)16(6,9-3)10-4;1-7-15(5,8-2)13-11-12-14(18-17-13)16(6,9-3)10-4/h12-13H,8-11H2,1-7H3;2*11-13H,7-10H2,1-6H3;4*11-12H,7-10H2,1-6H3. The lowest BCUT2D eigenvalue weighted by Crippen LogP contribution is -2.25. The van der Waals surface area contributed by atoms with E-state index < -0.39 is 0 Å². The van der Waals surface area contributed by atoms with Crippen molar-refractivity contribution in [2.75, 3.05) is 0 Å². The van der Waals surface area contributed by atoms with E-state index in [1.54, 1.807) is 0 Å². The predicted octanol–water partition coefficient (Wildman–Crippen LogP) is 34.5. The molecule has 7 aromatic heterocycles. The first kappa shape index (κ1) is 119. The molecule has 0 aliphatic heterocycles. The fourth-order valence-electron chi connectivity index (χ4n) is 16.2. The summed E-state index contributed by atoms with van der Waals surface area (Å²) in [6.07, 6.45) is 50.1. The molecule has 0 aromatic carbocycles. The second kappa shape index (κ2) is 53.5. The van der Waals surface area contributed by atoms with E-state index >= 15 is 0 Å². The van der Waals surface area contributed by atoms with Crippen molar-refractivity contribution >= 4 is 0 Å². The molecule has 720 valence electrons. The van der Waals surface area contributed by atoms with Crippen LogP contribution >= 0.6 is 0 Å². The molecule has 0 unspecified atom stereocenters. The Morgan fingerprint density at radius 1 is 0.165 bits per heavy atom. The first-order valence-corrected chi connectivity index (χ1v) is 51.8. The van der Waals surface area contributed by atoms with Crippen molar-refractivity contribution in [1.82, 2.24) is 55.1 Å². The van der Waals surface area contributed by atoms with E-state index in [9.17, 15) is 0 Å². The van der Waals surface area contributed by atoms with E-state index in [4.69, 9.17) is 24.9 Å². The molecular formula is C116H201N11. The summed E-state index contributed by atoms with van der Waals surface area (Å²) >= 11 is 0. The summed E-state index contributed by atoms with van der Waals surface area (Å²) in [5.41, 5.74) is 19.2. The van der Waals surface area contributed by atoms with Crippen LogP contribution < -0.4 is 0 Å². The quantitative estimate of drug-likeness (QED) is 0.0361. The van der Waals surface area contributed by atoms with Gasteiger partial charge in [-0.3, -0.25) is 24.9 Å². The van der Waals surface area contributed by atoms with Crippen molar-refractivity contribution in [3.8, 4) is 0 Å². The molecule has 7 aromatic rings. The van der Waals surface area contributed by atoms with Gasteiger partial charge in [0.2, 0.25) is 0 Å². The number of aryl methyl sites for hydroxylation is 1. The Bertz CT molecular complexity index is 3250. The summed E-state index contributed by atoms with van der Waals surface area (Å²) in [5, 5.41) is 9.01. The minimum atomic E-state index is 0.118. The van der Waals surface area contributed by atoms with Gasteiger partial charge in [0.05, 0.1) is 22.8 Å². The maximum absolute atomic E-state index is 4.82. The van der Waals surface area contributed by atoms with Gasteiger partial charge in [0.15, 0.2) is 0 Å². The molecule has 7 heterocycles. The Hall–Kier alpha value is -6.23. The molecule has 127 heavy (non-hydrogen) atoms. The van der Waals surface area contributed by atoms with E-state index in [2.05, 4.69) is 389 Å². The van der Waals surface area contributed by atoms with Gasteiger partial charge < -0.3 is 0 Å². The van der Waals surface area contributed by atoms with Crippen molar-refractivity contribution in [3.05, 3.63) is 183 Å². The number of hydrogen-bond donors (Lipinski definition) is 0. The second-order valence-electron chi connectivity index (χ2n) is 41.7. The summed E-state index contributed by atoms with van der Waals surface area (Å²) in [4.78, 5) is 42.3. The summed E-state index contributed by atoms with van der Waals surface area (Å²) in [7, 11) is 0. The number of nitrogens with zero attached hydrogens (tertiary/aromatic N) is 11. The van der Waals surface area contributed by atoms with Crippen molar-refractivity contribution in [1.29, 1.82) is 0 Å². The van der Waals surface area contributed by atoms with Gasteiger partial charge in [0.25, 0.3) is 0 Å². The third-order valence-corrected chi connectivity index (χ3v) is 36.0. The average Bonchev–Trinajstić information content (AvgIpc) is 0.673. The van der Waals surface area contributed by atoms with Crippen molar-refractivity contribution in [2.45, 2.75) is 553 Å². The maximum atomic E-state index is 4.82. The fraction of sp³-hybridized carbons (Fsp3) is 0.733. The molecule has 0 fully saturated rings. The number of aromatic nitrogens is 11. The zero-order valence-electron chi connectivity index (χ0n) is 91.5. The van der Waals surface area contributed by atoms with Gasteiger partial charge in [0.1, 0.15) is 11.6 Å². The Labute approximate surface area is 786 Å². The SMILES string of the molecule is CCC(C)(CC)c1cc(C)c(C(C)(CC)CC)cn1.CCC(C)(CC)c1ccc(C(C)(CC)CC)nc1.CCC(C)(CC)c1ccc(C(C)(CC)CC)nc1.CCC(C)(CC)c1ccc(C(C)(CC)CC)nn1.CCC(C)(CC)c1cnc(C(C)(CC)CC)cn1.CCC(C)(CC)c1cnc(C(C)(CC)CC)nc1.CCC(C)(CC)c1cnc(C(C)(CC)CC)nc1. The first-order valence-electron chi connectivity index (χ1n) is 51.8. The molecule has 7 rings (SSSR count). The van der Waals surface area contributed by atoms with Crippen LogP contribution in [0.3, 0.4) is 0 Å². The Kier molecular flexibility index (Phi) is 50.0. The highest BCUT2D eigenvalue weighted by Crippen LogP contribution is 2.42. The van der Waals surface area contributed by atoms with Crippen molar-refractivity contribution in [3.63, 3.8) is 0 Å². The van der Waals surface area contributed by atoms with Crippen LogP contribution in [0, 0.1) is 6.92 Å². The molecule has 0 N–H and O–H groups in total. The normalized spacial score (nSPS) is 12.8.